The maximum absolute atomic E-state index is 12.7. The van der Waals surface area contributed by atoms with Crippen LogP contribution in [0.2, 0.25) is 0 Å². The molecule has 18 heavy (non-hydrogen) atoms. The third kappa shape index (κ3) is 3.42. The summed E-state index contributed by atoms with van der Waals surface area (Å²) in [4.78, 5) is 11.8. The van der Waals surface area contributed by atoms with E-state index in [1.807, 2.05) is 0 Å². The van der Waals surface area contributed by atoms with Gasteiger partial charge in [-0.1, -0.05) is 25.0 Å². The van der Waals surface area contributed by atoms with Gasteiger partial charge in [-0.3, -0.25) is 4.79 Å². The van der Waals surface area contributed by atoms with Gasteiger partial charge in [-0.15, -0.1) is 0 Å². The lowest BCUT2D eigenvalue weighted by atomic mass is 10.0. The van der Waals surface area contributed by atoms with Crippen molar-refractivity contribution >= 4 is 12.0 Å². The van der Waals surface area contributed by atoms with E-state index in [-0.39, 0.29) is 17.3 Å². The number of halogens is 1. The minimum absolute atomic E-state index is 0.0514. The molecule has 0 saturated heterocycles. The highest BCUT2D eigenvalue weighted by Gasteiger charge is 2.29. The van der Waals surface area contributed by atoms with Crippen LogP contribution in [0.15, 0.2) is 30.3 Å². The van der Waals surface area contributed by atoms with Gasteiger partial charge in [0.05, 0.1) is 0 Å². The minimum Gasteiger partial charge on any atom is -0.347 e. The predicted octanol–water partition coefficient (Wildman–Crippen LogP) is 3.29. The Morgan fingerprint density at radius 3 is 2.50 bits per heavy atom. The second kappa shape index (κ2) is 5.34. The van der Waals surface area contributed by atoms with Gasteiger partial charge in [0.15, 0.2) is 0 Å². The molecule has 1 aromatic rings. The molecule has 1 fully saturated rings. The molecule has 2 nitrogen and oxygen atoms in total. The lowest BCUT2D eigenvalue weighted by Gasteiger charge is -2.24. The maximum atomic E-state index is 12.7. The van der Waals surface area contributed by atoms with Crippen LogP contribution < -0.4 is 5.32 Å². The van der Waals surface area contributed by atoms with Crippen molar-refractivity contribution in [1.82, 2.24) is 5.32 Å². The van der Waals surface area contributed by atoms with E-state index >= 15 is 0 Å². The van der Waals surface area contributed by atoms with Gasteiger partial charge in [0, 0.05) is 11.6 Å². The fourth-order valence-electron chi connectivity index (χ4n) is 2.37. The van der Waals surface area contributed by atoms with Gasteiger partial charge in [0.1, 0.15) is 5.82 Å². The van der Waals surface area contributed by atoms with E-state index < -0.39 is 0 Å². The molecule has 3 heteroatoms. The van der Waals surface area contributed by atoms with E-state index in [1.165, 1.54) is 31.1 Å². The molecule has 0 heterocycles. The first-order valence-electron chi connectivity index (χ1n) is 6.33. The van der Waals surface area contributed by atoms with Crippen LogP contribution >= 0.6 is 0 Å². The Balaban J connectivity index is 1.92. The number of hydrogen-bond acceptors (Lipinski definition) is 1. The highest BCUT2D eigenvalue weighted by atomic mass is 19.1. The number of amides is 1. The fraction of sp³-hybridized carbons (Fsp3) is 0.400. The summed E-state index contributed by atoms with van der Waals surface area (Å²) in [6.07, 6.45) is 7.66. The van der Waals surface area contributed by atoms with Crippen LogP contribution in [0.1, 0.15) is 38.2 Å². The number of rotatable bonds is 3. The third-order valence-corrected chi connectivity index (χ3v) is 3.43. The van der Waals surface area contributed by atoms with Crippen molar-refractivity contribution in [2.75, 3.05) is 0 Å². The molecule has 1 N–H and O–H groups in total. The molecule has 1 aliphatic carbocycles. The molecule has 0 spiro atoms. The van der Waals surface area contributed by atoms with Gasteiger partial charge in [0.2, 0.25) is 5.91 Å². The first-order valence-corrected chi connectivity index (χ1v) is 6.33. The predicted molar refractivity (Wildman–Crippen MR) is 70.4 cm³/mol. The summed E-state index contributed by atoms with van der Waals surface area (Å²) in [7, 11) is 0. The van der Waals surface area contributed by atoms with Crippen LogP contribution in [0.3, 0.4) is 0 Å². The molecular formula is C15H18FNO. The third-order valence-electron chi connectivity index (χ3n) is 3.43. The van der Waals surface area contributed by atoms with E-state index in [2.05, 4.69) is 12.2 Å². The van der Waals surface area contributed by atoms with Crippen molar-refractivity contribution in [3.63, 3.8) is 0 Å². The normalized spacial score (nSPS) is 18.1. The van der Waals surface area contributed by atoms with Gasteiger partial charge in [-0.05, 0) is 43.5 Å². The average Bonchev–Trinajstić information content (AvgIpc) is 2.75. The summed E-state index contributed by atoms with van der Waals surface area (Å²) in [6.45, 7) is 2.09. The van der Waals surface area contributed by atoms with Crippen LogP contribution in [0.4, 0.5) is 4.39 Å². The molecule has 0 unspecified atom stereocenters. The highest BCUT2D eigenvalue weighted by Crippen LogP contribution is 2.28. The summed E-state index contributed by atoms with van der Waals surface area (Å²) in [5.41, 5.74) is 0.771. The Kier molecular flexibility index (Phi) is 3.80. The van der Waals surface area contributed by atoms with Gasteiger partial charge in [0.25, 0.3) is 0 Å². The monoisotopic (exact) mass is 247 g/mol. The average molecular weight is 247 g/mol. The zero-order valence-corrected chi connectivity index (χ0v) is 10.6. The molecule has 1 aromatic carbocycles. The Morgan fingerprint density at radius 2 is 1.89 bits per heavy atom. The number of carbonyl (C=O) groups is 1. The molecular weight excluding hydrogens is 229 g/mol. The molecule has 1 aliphatic rings. The van der Waals surface area contributed by atoms with Crippen LogP contribution in [0.5, 0.6) is 0 Å². The number of carbonyl (C=O) groups excluding carboxylic acids is 1. The molecule has 0 atom stereocenters. The van der Waals surface area contributed by atoms with Crippen molar-refractivity contribution in [2.24, 2.45) is 0 Å². The van der Waals surface area contributed by atoms with Crippen molar-refractivity contribution in [3.05, 3.63) is 41.7 Å². The second-order valence-corrected chi connectivity index (χ2v) is 5.14. The van der Waals surface area contributed by atoms with E-state index in [0.717, 1.165) is 18.4 Å². The first kappa shape index (κ1) is 12.8. The van der Waals surface area contributed by atoms with Crippen molar-refractivity contribution in [3.8, 4) is 0 Å². The summed E-state index contributed by atoms with van der Waals surface area (Å²) >= 11 is 0. The summed E-state index contributed by atoms with van der Waals surface area (Å²) in [5.74, 6) is -0.348. The van der Waals surface area contributed by atoms with Crippen LogP contribution in [0, 0.1) is 5.82 Å². The largest absolute Gasteiger partial charge is 0.347 e. The second-order valence-electron chi connectivity index (χ2n) is 5.14. The van der Waals surface area contributed by atoms with Crippen molar-refractivity contribution in [2.45, 2.75) is 38.1 Å². The van der Waals surface area contributed by atoms with Crippen LogP contribution in [0.25, 0.3) is 6.08 Å². The SMILES string of the molecule is CC1(NC(=O)/C=C\c2ccc(F)cc2)CCCC1. The lowest BCUT2D eigenvalue weighted by molar-refractivity contribution is -0.118. The molecule has 96 valence electrons. The maximum Gasteiger partial charge on any atom is 0.244 e. The van der Waals surface area contributed by atoms with E-state index in [1.54, 1.807) is 18.2 Å². The zero-order valence-electron chi connectivity index (χ0n) is 10.6. The highest BCUT2D eigenvalue weighted by molar-refractivity contribution is 5.92. The Labute approximate surface area is 107 Å². The van der Waals surface area contributed by atoms with Gasteiger partial charge >= 0.3 is 0 Å². The Bertz CT molecular complexity index is 444. The van der Waals surface area contributed by atoms with Gasteiger partial charge < -0.3 is 5.32 Å². The van der Waals surface area contributed by atoms with Crippen LogP contribution in [-0.4, -0.2) is 11.4 Å². The van der Waals surface area contributed by atoms with Crippen molar-refractivity contribution < 1.29 is 9.18 Å². The molecule has 0 radical (unpaired) electrons. The molecule has 2 rings (SSSR count). The standard InChI is InChI=1S/C15H18FNO/c1-15(10-2-3-11-15)17-14(18)9-6-12-4-7-13(16)8-5-12/h4-9H,2-3,10-11H2,1H3,(H,17,18)/b9-6-. The summed E-state index contributed by atoms with van der Waals surface area (Å²) in [6, 6.07) is 6.07. The molecule has 1 amide bonds. The smallest absolute Gasteiger partial charge is 0.244 e. The Hall–Kier alpha value is -1.64. The lowest BCUT2D eigenvalue weighted by Crippen LogP contribution is -2.42. The van der Waals surface area contributed by atoms with Crippen LogP contribution in [-0.2, 0) is 4.79 Å². The molecule has 0 aliphatic heterocycles. The topological polar surface area (TPSA) is 29.1 Å². The van der Waals surface area contributed by atoms with E-state index in [9.17, 15) is 9.18 Å². The number of hydrogen-bond donors (Lipinski definition) is 1. The fourth-order valence-corrected chi connectivity index (χ4v) is 2.37. The molecule has 0 aromatic heterocycles. The summed E-state index contributed by atoms with van der Waals surface area (Å²) < 4.78 is 12.7. The van der Waals surface area contributed by atoms with Crippen molar-refractivity contribution in [1.29, 1.82) is 0 Å². The number of benzene rings is 1. The Morgan fingerprint density at radius 1 is 1.28 bits per heavy atom. The molecule has 0 bridgehead atoms. The quantitative estimate of drug-likeness (QED) is 0.816. The number of nitrogens with one attached hydrogen (secondary N) is 1. The zero-order chi connectivity index (χ0) is 13.0. The summed E-state index contributed by atoms with van der Waals surface area (Å²) in [5, 5.41) is 3.04. The van der Waals surface area contributed by atoms with Gasteiger partial charge in [-0.25, -0.2) is 4.39 Å². The van der Waals surface area contributed by atoms with E-state index in [4.69, 9.17) is 0 Å². The minimum atomic E-state index is -0.268. The molecule has 1 saturated carbocycles. The first-order chi connectivity index (χ1) is 8.57. The van der Waals surface area contributed by atoms with Gasteiger partial charge in [-0.2, -0.15) is 0 Å². The van der Waals surface area contributed by atoms with E-state index in [0.29, 0.717) is 0 Å².